The summed E-state index contributed by atoms with van der Waals surface area (Å²) in [7, 11) is 0. The molecule has 0 spiro atoms. The van der Waals surface area contributed by atoms with Crippen LogP contribution in [-0.4, -0.2) is 30.0 Å². The molecule has 1 N–H and O–H groups in total. The Kier molecular flexibility index (Phi) is 6.14. The molecule has 2 atom stereocenters. The Balaban J connectivity index is 1.37. The van der Waals surface area contributed by atoms with Crippen molar-refractivity contribution in [3.05, 3.63) is 59.1 Å². The SMILES string of the molecule is Cc1cc2c(N3CCCC(C(=O)NC(C)CCc4ccccc4)C3)nccc2s1. The number of aromatic nitrogens is 1. The molecular weight excluding hydrogens is 378 g/mol. The number of anilines is 1. The first-order valence-corrected chi connectivity index (χ1v) is 11.4. The molecule has 2 aromatic heterocycles. The van der Waals surface area contributed by atoms with Gasteiger partial charge in [0.15, 0.2) is 0 Å². The van der Waals surface area contributed by atoms with E-state index < -0.39 is 0 Å². The highest BCUT2D eigenvalue weighted by molar-refractivity contribution is 7.19. The zero-order valence-corrected chi connectivity index (χ0v) is 18.0. The number of carbonyl (C=O) groups is 1. The van der Waals surface area contributed by atoms with Crippen LogP contribution in [0.25, 0.3) is 10.1 Å². The molecule has 1 aliphatic heterocycles. The zero-order chi connectivity index (χ0) is 20.2. The number of pyridine rings is 1. The lowest BCUT2D eigenvalue weighted by atomic mass is 9.96. The maximum Gasteiger partial charge on any atom is 0.225 e. The number of aryl methyl sites for hydroxylation is 2. The first-order valence-electron chi connectivity index (χ1n) is 10.5. The number of piperidine rings is 1. The van der Waals surface area contributed by atoms with E-state index in [4.69, 9.17) is 0 Å². The predicted octanol–water partition coefficient (Wildman–Crippen LogP) is 4.96. The van der Waals surface area contributed by atoms with Crippen LogP contribution in [0.4, 0.5) is 5.82 Å². The van der Waals surface area contributed by atoms with Crippen molar-refractivity contribution in [1.29, 1.82) is 0 Å². The fourth-order valence-electron chi connectivity index (χ4n) is 4.17. The van der Waals surface area contributed by atoms with Crippen molar-refractivity contribution in [1.82, 2.24) is 10.3 Å². The zero-order valence-electron chi connectivity index (χ0n) is 17.2. The van der Waals surface area contributed by atoms with Gasteiger partial charge in [0.2, 0.25) is 5.91 Å². The molecule has 3 heterocycles. The third kappa shape index (κ3) is 4.78. The quantitative estimate of drug-likeness (QED) is 0.628. The van der Waals surface area contributed by atoms with Gasteiger partial charge in [-0.15, -0.1) is 11.3 Å². The van der Waals surface area contributed by atoms with Crippen molar-refractivity contribution >= 4 is 33.1 Å². The second-order valence-electron chi connectivity index (χ2n) is 8.12. The van der Waals surface area contributed by atoms with E-state index in [1.807, 2.05) is 12.3 Å². The van der Waals surface area contributed by atoms with Crippen LogP contribution < -0.4 is 10.2 Å². The Morgan fingerprint density at radius 3 is 2.97 bits per heavy atom. The lowest BCUT2D eigenvalue weighted by molar-refractivity contribution is -0.125. The number of nitrogens with one attached hydrogen (secondary N) is 1. The number of rotatable bonds is 6. The molecule has 2 unspecified atom stereocenters. The van der Waals surface area contributed by atoms with Gasteiger partial charge in [0.05, 0.1) is 5.92 Å². The highest BCUT2D eigenvalue weighted by Crippen LogP contribution is 2.33. The summed E-state index contributed by atoms with van der Waals surface area (Å²) in [6.45, 7) is 5.96. The number of thiophene rings is 1. The van der Waals surface area contributed by atoms with Gasteiger partial charge < -0.3 is 10.2 Å². The summed E-state index contributed by atoms with van der Waals surface area (Å²) in [5.74, 6) is 1.24. The Hall–Kier alpha value is -2.40. The maximum atomic E-state index is 12.9. The van der Waals surface area contributed by atoms with Crippen LogP contribution in [0.1, 0.15) is 36.6 Å². The third-order valence-electron chi connectivity index (χ3n) is 5.74. The summed E-state index contributed by atoms with van der Waals surface area (Å²) >= 11 is 1.80. The Labute approximate surface area is 177 Å². The highest BCUT2D eigenvalue weighted by Gasteiger charge is 2.28. The normalized spacial score (nSPS) is 18.0. The molecule has 0 bridgehead atoms. The van der Waals surface area contributed by atoms with Crippen LogP contribution >= 0.6 is 11.3 Å². The average Bonchev–Trinajstić information content (AvgIpc) is 3.13. The first-order chi connectivity index (χ1) is 14.1. The molecule has 152 valence electrons. The van der Waals surface area contributed by atoms with Gasteiger partial charge in [0.25, 0.3) is 0 Å². The van der Waals surface area contributed by atoms with Crippen molar-refractivity contribution in [3.8, 4) is 0 Å². The average molecular weight is 408 g/mol. The molecule has 1 amide bonds. The molecule has 0 aliphatic carbocycles. The fraction of sp³-hybridized carbons (Fsp3) is 0.417. The molecule has 1 fully saturated rings. The Morgan fingerprint density at radius 2 is 2.14 bits per heavy atom. The standard InChI is InChI=1S/C24H29N3OS/c1-17(10-11-19-7-4-3-5-8-19)26-24(28)20-9-6-14-27(16-20)23-21-15-18(2)29-22(21)12-13-25-23/h3-5,7-8,12-13,15,17,20H,6,9-11,14,16H2,1-2H3,(H,26,28). The van der Waals surface area contributed by atoms with Crippen LogP contribution in [0.15, 0.2) is 48.7 Å². The topological polar surface area (TPSA) is 45.2 Å². The van der Waals surface area contributed by atoms with Crippen molar-refractivity contribution in [2.75, 3.05) is 18.0 Å². The second kappa shape index (κ2) is 8.95. The van der Waals surface area contributed by atoms with E-state index in [0.29, 0.717) is 0 Å². The van der Waals surface area contributed by atoms with E-state index in [-0.39, 0.29) is 17.9 Å². The Morgan fingerprint density at radius 1 is 1.31 bits per heavy atom. The number of hydrogen-bond acceptors (Lipinski definition) is 4. The molecule has 4 nitrogen and oxygen atoms in total. The fourth-order valence-corrected chi connectivity index (χ4v) is 5.08. The monoisotopic (exact) mass is 407 g/mol. The van der Waals surface area contributed by atoms with E-state index in [0.717, 1.165) is 44.6 Å². The van der Waals surface area contributed by atoms with Crippen LogP contribution in [0.2, 0.25) is 0 Å². The van der Waals surface area contributed by atoms with E-state index in [9.17, 15) is 4.79 Å². The van der Waals surface area contributed by atoms with Gasteiger partial charge in [-0.3, -0.25) is 4.79 Å². The molecule has 3 aromatic rings. The van der Waals surface area contributed by atoms with Gasteiger partial charge in [-0.2, -0.15) is 0 Å². The van der Waals surface area contributed by atoms with Gasteiger partial charge in [-0.25, -0.2) is 4.98 Å². The molecule has 1 aliphatic rings. The molecule has 1 saturated heterocycles. The van der Waals surface area contributed by atoms with Gasteiger partial charge in [0, 0.05) is 40.3 Å². The van der Waals surface area contributed by atoms with Crippen molar-refractivity contribution in [2.45, 2.75) is 45.6 Å². The van der Waals surface area contributed by atoms with Crippen molar-refractivity contribution in [3.63, 3.8) is 0 Å². The minimum atomic E-state index is 0.0275. The molecule has 0 radical (unpaired) electrons. The van der Waals surface area contributed by atoms with Gasteiger partial charge in [0.1, 0.15) is 5.82 Å². The minimum Gasteiger partial charge on any atom is -0.355 e. The maximum absolute atomic E-state index is 12.9. The summed E-state index contributed by atoms with van der Waals surface area (Å²) < 4.78 is 1.27. The number of benzene rings is 1. The molecule has 29 heavy (non-hydrogen) atoms. The van der Waals surface area contributed by atoms with Gasteiger partial charge in [-0.1, -0.05) is 30.3 Å². The van der Waals surface area contributed by atoms with Gasteiger partial charge >= 0.3 is 0 Å². The van der Waals surface area contributed by atoms with Crippen LogP contribution in [0, 0.1) is 12.8 Å². The van der Waals surface area contributed by atoms with Gasteiger partial charge in [-0.05, 0) is 57.2 Å². The summed E-state index contributed by atoms with van der Waals surface area (Å²) in [6.07, 6.45) is 5.82. The number of fused-ring (bicyclic) bond motifs is 1. The summed E-state index contributed by atoms with van der Waals surface area (Å²) in [6, 6.07) is 14.9. The van der Waals surface area contributed by atoms with E-state index in [1.165, 1.54) is 20.5 Å². The molecule has 0 saturated carbocycles. The van der Waals surface area contributed by atoms with Crippen LogP contribution in [0.5, 0.6) is 0 Å². The lowest BCUT2D eigenvalue weighted by Crippen LogP contribution is -2.45. The lowest BCUT2D eigenvalue weighted by Gasteiger charge is -2.33. The van der Waals surface area contributed by atoms with Crippen LogP contribution in [0.3, 0.4) is 0 Å². The summed E-state index contributed by atoms with van der Waals surface area (Å²) in [5, 5.41) is 4.46. The molecule has 1 aromatic carbocycles. The van der Waals surface area contributed by atoms with E-state index in [1.54, 1.807) is 11.3 Å². The predicted molar refractivity (Wildman–Crippen MR) is 122 cm³/mol. The first kappa shape index (κ1) is 19.9. The molecule has 4 rings (SSSR count). The molecule has 5 heteroatoms. The van der Waals surface area contributed by atoms with Crippen molar-refractivity contribution in [2.24, 2.45) is 5.92 Å². The smallest absolute Gasteiger partial charge is 0.225 e. The van der Waals surface area contributed by atoms with Crippen molar-refractivity contribution < 1.29 is 4.79 Å². The second-order valence-corrected chi connectivity index (χ2v) is 9.41. The summed E-state index contributed by atoms with van der Waals surface area (Å²) in [4.78, 5) is 21.2. The number of nitrogens with zero attached hydrogens (tertiary/aromatic N) is 2. The molecular formula is C24H29N3OS. The third-order valence-corrected chi connectivity index (χ3v) is 6.75. The number of amides is 1. The van der Waals surface area contributed by atoms with Crippen LogP contribution in [-0.2, 0) is 11.2 Å². The number of carbonyl (C=O) groups excluding carboxylic acids is 1. The van der Waals surface area contributed by atoms with E-state index in [2.05, 4.69) is 65.4 Å². The highest BCUT2D eigenvalue weighted by atomic mass is 32.1. The minimum absolute atomic E-state index is 0.0275. The number of hydrogen-bond donors (Lipinski definition) is 1. The van der Waals surface area contributed by atoms with E-state index >= 15 is 0 Å². The Bertz CT molecular complexity index is 969. The largest absolute Gasteiger partial charge is 0.355 e. The summed E-state index contributed by atoms with van der Waals surface area (Å²) in [5.41, 5.74) is 1.32.